The second kappa shape index (κ2) is 8.08. The molecule has 0 aromatic heterocycles. The van der Waals surface area contributed by atoms with E-state index >= 15 is 0 Å². The highest BCUT2D eigenvalue weighted by Crippen LogP contribution is 2.05. The fraction of sp³-hybridized carbons (Fsp3) is 0.222. The van der Waals surface area contributed by atoms with Gasteiger partial charge in [0.15, 0.2) is 0 Å². The van der Waals surface area contributed by atoms with Crippen molar-refractivity contribution in [3.05, 3.63) is 71.0 Å². The van der Waals surface area contributed by atoms with Gasteiger partial charge < -0.3 is 10.6 Å². The van der Waals surface area contributed by atoms with Gasteiger partial charge >= 0.3 is 0 Å². The fourth-order valence-corrected chi connectivity index (χ4v) is 2.01. The topological polar surface area (TPSA) is 58.2 Å². The number of aryl methyl sites for hydroxylation is 1. The van der Waals surface area contributed by atoms with Crippen molar-refractivity contribution < 1.29 is 14.0 Å². The average Bonchev–Trinajstić information content (AvgIpc) is 2.53. The lowest BCUT2D eigenvalue weighted by atomic mass is 10.1. The summed E-state index contributed by atoms with van der Waals surface area (Å²) in [6.45, 7) is 2.43. The molecule has 2 N–H and O–H groups in total. The Labute approximate surface area is 134 Å². The first kappa shape index (κ1) is 16.7. The Morgan fingerprint density at radius 2 is 1.52 bits per heavy atom. The number of carbonyl (C=O) groups excluding carboxylic acids is 2. The highest BCUT2D eigenvalue weighted by atomic mass is 19.1. The molecule has 0 unspecified atom stereocenters. The highest BCUT2D eigenvalue weighted by molar-refractivity contribution is 5.96. The lowest BCUT2D eigenvalue weighted by molar-refractivity contribution is -0.129. The molecule has 0 bridgehead atoms. The third-order valence-electron chi connectivity index (χ3n) is 3.37. The van der Waals surface area contributed by atoms with E-state index in [9.17, 15) is 14.0 Å². The van der Waals surface area contributed by atoms with Crippen molar-refractivity contribution in [1.82, 2.24) is 10.6 Å². The maximum atomic E-state index is 13.4. The van der Waals surface area contributed by atoms with Crippen LogP contribution in [0.15, 0.2) is 48.5 Å². The van der Waals surface area contributed by atoms with Crippen LogP contribution >= 0.6 is 0 Å². The second-order valence-corrected chi connectivity index (χ2v) is 5.31. The minimum Gasteiger partial charge on any atom is -0.352 e. The first-order valence-corrected chi connectivity index (χ1v) is 7.37. The van der Waals surface area contributed by atoms with E-state index in [0.717, 1.165) is 11.1 Å². The molecule has 2 amide bonds. The van der Waals surface area contributed by atoms with Crippen molar-refractivity contribution in [2.75, 3.05) is 0 Å². The highest BCUT2D eigenvalue weighted by Gasteiger charge is 2.10. The van der Waals surface area contributed by atoms with Gasteiger partial charge in [-0.1, -0.05) is 48.0 Å². The SMILES string of the molecule is Cc1ccc(CNC(=O)CC(=O)NCc2ccccc2F)cc1. The molecular weight excluding hydrogens is 295 g/mol. The van der Waals surface area contributed by atoms with Gasteiger partial charge in [-0.2, -0.15) is 0 Å². The maximum Gasteiger partial charge on any atom is 0.229 e. The van der Waals surface area contributed by atoms with Crippen molar-refractivity contribution in [2.45, 2.75) is 26.4 Å². The van der Waals surface area contributed by atoms with Crippen LogP contribution in [0.25, 0.3) is 0 Å². The summed E-state index contributed by atoms with van der Waals surface area (Å²) in [5.41, 5.74) is 2.50. The third-order valence-corrected chi connectivity index (χ3v) is 3.37. The molecule has 5 heteroatoms. The summed E-state index contributed by atoms with van der Waals surface area (Å²) < 4.78 is 13.4. The van der Waals surface area contributed by atoms with E-state index in [1.807, 2.05) is 31.2 Å². The molecule has 0 atom stereocenters. The molecule has 0 heterocycles. The van der Waals surface area contributed by atoms with Gasteiger partial charge in [-0.25, -0.2) is 4.39 Å². The van der Waals surface area contributed by atoms with E-state index in [4.69, 9.17) is 0 Å². The van der Waals surface area contributed by atoms with E-state index < -0.39 is 5.91 Å². The summed E-state index contributed by atoms with van der Waals surface area (Å²) in [6, 6.07) is 14.0. The molecule has 0 aliphatic heterocycles. The summed E-state index contributed by atoms with van der Waals surface area (Å²) in [5.74, 6) is -1.18. The molecule has 2 aromatic carbocycles. The van der Waals surface area contributed by atoms with Crippen molar-refractivity contribution in [3.8, 4) is 0 Å². The lowest BCUT2D eigenvalue weighted by Gasteiger charge is -2.07. The molecule has 2 rings (SSSR count). The number of amides is 2. The fourth-order valence-electron chi connectivity index (χ4n) is 2.01. The number of rotatable bonds is 6. The molecule has 120 valence electrons. The van der Waals surface area contributed by atoms with Gasteiger partial charge in [0.1, 0.15) is 12.2 Å². The molecule has 0 fully saturated rings. The van der Waals surface area contributed by atoms with Crippen LogP contribution in [0.4, 0.5) is 4.39 Å². The smallest absolute Gasteiger partial charge is 0.229 e. The molecular formula is C18H19FN2O2. The summed E-state index contributed by atoms with van der Waals surface area (Å²) >= 11 is 0. The van der Waals surface area contributed by atoms with Gasteiger partial charge in [0, 0.05) is 18.7 Å². The Balaban J connectivity index is 1.73. The van der Waals surface area contributed by atoms with Gasteiger partial charge in [-0.3, -0.25) is 9.59 Å². The third kappa shape index (κ3) is 5.54. The molecule has 0 saturated heterocycles. The Kier molecular flexibility index (Phi) is 5.86. The van der Waals surface area contributed by atoms with Crippen LogP contribution in [0.5, 0.6) is 0 Å². The summed E-state index contributed by atoms with van der Waals surface area (Å²) in [7, 11) is 0. The summed E-state index contributed by atoms with van der Waals surface area (Å²) in [5, 5.41) is 5.22. The number of halogens is 1. The van der Waals surface area contributed by atoms with Crippen LogP contribution in [-0.4, -0.2) is 11.8 Å². The van der Waals surface area contributed by atoms with Gasteiger partial charge in [0.2, 0.25) is 11.8 Å². The standard InChI is InChI=1S/C18H19FN2O2/c1-13-6-8-14(9-7-13)11-20-17(22)10-18(23)21-12-15-4-2-3-5-16(15)19/h2-9H,10-12H2,1H3,(H,20,22)(H,21,23). The monoisotopic (exact) mass is 314 g/mol. The lowest BCUT2D eigenvalue weighted by Crippen LogP contribution is -2.31. The maximum absolute atomic E-state index is 13.4. The van der Waals surface area contributed by atoms with Gasteiger partial charge in [-0.05, 0) is 18.6 Å². The van der Waals surface area contributed by atoms with Gasteiger partial charge in [0.05, 0.1) is 0 Å². The van der Waals surface area contributed by atoms with Crippen LogP contribution in [0.1, 0.15) is 23.1 Å². The molecule has 0 aliphatic rings. The first-order valence-electron chi connectivity index (χ1n) is 7.37. The molecule has 0 aliphatic carbocycles. The molecule has 2 aromatic rings. The zero-order chi connectivity index (χ0) is 16.7. The molecule has 4 nitrogen and oxygen atoms in total. The Bertz CT molecular complexity index is 684. The van der Waals surface area contributed by atoms with E-state index in [2.05, 4.69) is 10.6 Å². The molecule has 23 heavy (non-hydrogen) atoms. The van der Waals surface area contributed by atoms with E-state index in [1.165, 1.54) is 6.07 Å². The van der Waals surface area contributed by atoms with Crippen LogP contribution in [0.3, 0.4) is 0 Å². The Hall–Kier alpha value is -2.69. The second-order valence-electron chi connectivity index (χ2n) is 5.31. The zero-order valence-corrected chi connectivity index (χ0v) is 12.9. The number of benzene rings is 2. The number of hydrogen-bond donors (Lipinski definition) is 2. The van der Waals surface area contributed by atoms with Crippen molar-refractivity contribution in [1.29, 1.82) is 0 Å². The minimum absolute atomic E-state index is 0.0662. The molecule has 0 spiro atoms. The molecule has 0 radical (unpaired) electrons. The zero-order valence-electron chi connectivity index (χ0n) is 12.9. The predicted octanol–water partition coefficient (Wildman–Crippen LogP) is 2.46. The van der Waals surface area contributed by atoms with Crippen molar-refractivity contribution >= 4 is 11.8 Å². The minimum atomic E-state index is -0.436. The number of carbonyl (C=O) groups is 2. The van der Waals surface area contributed by atoms with Gasteiger partial charge in [0.25, 0.3) is 0 Å². The van der Waals surface area contributed by atoms with Crippen LogP contribution < -0.4 is 10.6 Å². The summed E-state index contributed by atoms with van der Waals surface area (Å²) in [4.78, 5) is 23.4. The Morgan fingerprint density at radius 3 is 2.17 bits per heavy atom. The van der Waals surface area contributed by atoms with Crippen LogP contribution in [0, 0.1) is 12.7 Å². The average molecular weight is 314 g/mol. The van der Waals surface area contributed by atoms with Crippen LogP contribution in [0.2, 0.25) is 0 Å². The first-order chi connectivity index (χ1) is 11.0. The number of nitrogens with one attached hydrogen (secondary N) is 2. The van der Waals surface area contributed by atoms with Gasteiger partial charge in [-0.15, -0.1) is 0 Å². The van der Waals surface area contributed by atoms with Crippen LogP contribution in [-0.2, 0) is 22.7 Å². The summed E-state index contributed by atoms with van der Waals surface area (Å²) in [6.07, 6.45) is -0.277. The van der Waals surface area contributed by atoms with E-state index in [1.54, 1.807) is 18.2 Å². The van der Waals surface area contributed by atoms with Crippen molar-refractivity contribution in [3.63, 3.8) is 0 Å². The van der Waals surface area contributed by atoms with Crippen molar-refractivity contribution in [2.24, 2.45) is 0 Å². The quantitative estimate of drug-likeness (QED) is 0.805. The number of hydrogen-bond acceptors (Lipinski definition) is 2. The van der Waals surface area contributed by atoms with E-state index in [0.29, 0.717) is 12.1 Å². The largest absolute Gasteiger partial charge is 0.352 e. The normalized spacial score (nSPS) is 10.2. The van der Waals surface area contributed by atoms with E-state index in [-0.39, 0.29) is 24.7 Å². The predicted molar refractivity (Wildman–Crippen MR) is 85.9 cm³/mol. The Morgan fingerprint density at radius 1 is 0.913 bits per heavy atom. The molecule has 0 saturated carbocycles.